The molecule has 0 aliphatic carbocycles. The summed E-state index contributed by atoms with van der Waals surface area (Å²) >= 11 is 3.35. The number of amides is 2. The summed E-state index contributed by atoms with van der Waals surface area (Å²) in [5, 5.41) is 5.66. The highest BCUT2D eigenvalue weighted by Gasteiger charge is 2.20. The first-order valence-electron chi connectivity index (χ1n) is 5.94. The van der Waals surface area contributed by atoms with Crippen LogP contribution in [0.5, 0.6) is 0 Å². The number of nitrogens with one attached hydrogen (secondary N) is 2. The number of hydrogen-bond acceptors (Lipinski definition) is 2. The van der Waals surface area contributed by atoms with E-state index in [-0.39, 0.29) is 17.9 Å². The van der Waals surface area contributed by atoms with Crippen molar-refractivity contribution in [1.29, 1.82) is 0 Å². The maximum absolute atomic E-state index is 11.7. The van der Waals surface area contributed by atoms with Gasteiger partial charge < -0.3 is 10.6 Å². The Morgan fingerprint density at radius 1 is 1.39 bits per heavy atom. The van der Waals surface area contributed by atoms with E-state index in [1.165, 1.54) is 0 Å². The minimum atomic E-state index is -0.0153. The quantitative estimate of drug-likeness (QED) is 0.883. The van der Waals surface area contributed by atoms with Gasteiger partial charge in [0.1, 0.15) is 0 Å². The lowest BCUT2D eigenvalue weighted by atomic mass is 10.1. The van der Waals surface area contributed by atoms with E-state index in [2.05, 4.69) is 26.6 Å². The predicted octanol–water partition coefficient (Wildman–Crippen LogP) is 1.39. The van der Waals surface area contributed by atoms with Gasteiger partial charge in [0.05, 0.1) is 6.42 Å². The third kappa shape index (κ3) is 3.84. The van der Waals surface area contributed by atoms with Crippen LogP contribution >= 0.6 is 15.9 Å². The van der Waals surface area contributed by atoms with Gasteiger partial charge in [-0.25, -0.2) is 0 Å². The van der Waals surface area contributed by atoms with Crippen LogP contribution in [-0.4, -0.2) is 24.4 Å². The van der Waals surface area contributed by atoms with Gasteiger partial charge >= 0.3 is 0 Å². The van der Waals surface area contributed by atoms with E-state index < -0.39 is 0 Å². The molecule has 0 bridgehead atoms. The molecule has 96 valence electrons. The third-order valence-corrected chi connectivity index (χ3v) is 3.44. The summed E-state index contributed by atoms with van der Waals surface area (Å²) in [6.45, 7) is 0.515. The Labute approximate surface area is 114 Å². The van der Waals surface area contributed by atoms with Crippen LogP contribution < -0.4 is 10.6 Å². The van der Waals surface area contributed by atoms with E-state index in [9.17, 15) is 9.59 Å². The minimum absolute atomic E-state index is 0.0153. The van der Waals surface area contributed by atoms with Gasteiger partial charge in [0, 0.05) is 23.5 Å². The summed E-state index contributed by atoms with van der Waals surface area (Å²) in [6.07, 6.45) is 1.73. The second-order valence-electron chi connectivity index (χ2n) is 4.41. The van der Waals surface area contributed by atoms with Gasteiger partial charge in [-0.05, 0) is 24.1 Å². The molecule has 0 spiro atoms. The molecular formula is C13H15BrN2O2. The largest absolute Gasteiger partial charge is 0.354 e. The molecule has 5 heteroatoms. The van der Waals surface area contributed by atoms with Gasteiger partial charge in [0.25, 0.3) is 0 Å². The van der Waals surface area contributed by atoms with Crippen molar-refractivity contribution >= 4 is 27.7 Å². The standard InChI is InChI=1S/C13H15BrN2O2/c14-10-3-1-9(2-4-10)7-13(18)15-8-11-5-6-12(17)16-11/h1-4,11H,5-8H2,(H,15,18)(H,16,17). The molecule has 1 aliphatic heterocycles. The molecule has 1 aromatic rings. The highest BCUT2D eigenvalue weighted by Crippen LogP contribution is 2.11. The summed E-state index contributed by atoms with van der Waals surface area (Å²) in [7, 11) is 0. The molecule has 1 aromatic carbocycles. The van der Waals surface area contributed by atoms with Gasteiger partial charge in [0.2, 0.25) is 11.8 Å². The minimum Gasteiger partial charge on any atom is -0.354 e. The zero-order valence-corrected chi connectivity index (χ0v) is 11.5. The normalized spacial score (nSPS) is 18.5. The van der Waals surface area contributed by atoms with Crippen LogP contribution in [0.15, 0.2) is 28.7 Å². The van der Waals surface area contributed by atoms with E-state index in [4.69, 9.17) is 0 Å². The first kappa shape index (κ1) is 13.1. The summed E-state index contributed by atoms with van der Waals surface area (Å²) in [5.41, 5.74) is 0.978. The molecule has 1 saturated heterocycles. The van der Waals surface area contributed by atoms with Crippen LogP contribution in [0.2, 0.25) is 0 Å². The molecule has 4 nitrogen and oxygen atoms in total. The lowest BCUT2D eigenvalue weighted by Crippen LogP contribution is -2.38. The fourth-order valence-electron chi connectivity index (χ4n) is 1.92. The molecule has 1 atom stereocenters. The maximum Gasteiger partial charge on any atom is 0.224 e. The van der Waals surface area contributed by atoms with Crippen molar-refractivity contribution in [1.82, 2.24) is 10.6 Å². The molecule has 0 radical (unpaired) electrons. The molecule has 1 unspecified atom stereocenters. The Morgan fingerprint density at radius 2 is 2.11 bits per heavy atom. The third-order valence-electron chi connectivity index (χ3n) is 2.91. The second-order valence-corrected chi connectivity index (χ2v) is 5.33. The van der Waals surface area contributed by atoms with E-state index >= 15 is 0 Å². The zero-order chi connectivity index (χ0) is 13.0. The topological polar surface area (TPSA) is 58.2 Å². The molecule has 1 fully saturated rings. The fourth-order valence-corrected chi connectivity index (χ4v) is 2.18. The molecule has 18 heavy (non-hydrogen) atoms. The number of rotatable bonds is 4. The fraction of sp³-hybridized carbons (Fsp3) is 0.385. The molecule has 2 N–H and O–H groups in total. The monoisotopic (exact) mass is 310 g/mol. The Morgan fingerprint density at radius 3 is 2.72 bits per heavy atom. The van der Waals surface area contributed by atoms with E-state index in [0.717, 1.165) is 16.5 Å². The Kier molecular flexibility index (Phi) is 4.36. The van der Waals surface area contributed by atoms with E-state index in [1.807, 2.05) is 24.3 Å². The van der Waals surface area contributed by atoms with Crippen LogP contribution in [0.1, 0.15) is 18.4 Å². The van der Waals surface area contributed by atoms with Crippen LogP contribution in [0.25, 0.3) is 0 Å². The number of benzene rings is 1. The first-order valence-corrected chi connectivity index (χ1v) is 6.73. The van der Waals surface area contributed by atoms with Gasteiger partial charge in [0.15, 0.2) is 0 Å². The summed E-state index contributed by atoms with van der Waals surface area (Å²) < 4.78 is 1.00. The molecule has 0 saturated carbocycles. The summed E-state index contributed by atoms with van der Waals surface area (Å²) in [6, 6.07) is 7.76. The van der Waals surface area contributed by atoms with Crippen molar-refractivity contribution in [3.63, 3.8) is 0 Å². The second kappa shape index (κ2) is 6.00. The zero-order valence-electron chi connectivity index (χ0n) is 9.91. The number of hydrogen-bond donors (Lipinski definition) is 2. The van der Waals surface area contributed by atoms with Gasteiger partial charge in [-0.2, -0.15) is 0 Å². The molecular weight excluding hydrogens is 296 g/mol. The highest BCUT2D eigenvalue weighted by atomic mass is 79.9. The summed E-state index contributed by atoms with van der Waals surface area (Å²) in [4.78, 5) is 22.7. The van der Waals surface area contributed by atoms with E-state index in [1.54, 1.807) is 0 Å². The van der Waals surface area contributed by atoms with Crippen molar-refractivity contribution in [2.75, 3.05) is 6.54 Å². The molecule has 2 amide bonds. The van der Waals surface area contributed by atoms with Crippen molar-refractivity contribution in [3.8, 4) is 0 Å². The smallest absolute Gasteiger partial charge is 0.224 e. The predicted molar refractivity (Wildman–Crippen MR) is 72.0 cm³/mol. The van der Waals surface area contributed by atoms with Crippen molar-refractivity contribution < 1.29 is 9.59 Å². The molecule has 1 aliphatic rings. The SMILES string of the molecule is O=C(Cc1ccc(Br)cc1)NCC1CCC(=O)N1. The van der Waals surface area contributed by atoms with Crippen LogP contribution in [0.4, 0.5) is 0 Å². The molecule has 2 rings (SSSR count). The lowest BCUT2D eigenvalue weighted by molar-refractivity contribution is -0.121. The Balaban J connectivity index is 1.75. The average molecular weight is 311 g/mol. The maximum atomic E-state index is 11.7. The van der Waals surface area contributed by atoms with Crippen molar-refractivity contribution in [2.45, 2.75) is 25.3 Å². The Bertz CT molecular complexity index is 445. The van der Waals surface area contributed by atoms with Gasteiger partial charge in [-0.3, -0.25) is 9.59 Å². The van der Waals surface area contributed by atoms with Crippen molar-refractivity contribution in [3.05, 3.63) is 34.3 Å². The van der Waals surface area contributed by atoms with Gasteiger partial charge in [-0.1, -0.05) is 28.1 Å². The van der Waals surface area contributed by atoms with Crippen molar-refractivity contribution in [2.24, 2.45) is 0 Å². The highest BCUT2D eigenvalue weighted by molar-refractivity contribution is 9.10. The molecule has 1 heterocycles. The van der Waals surface area contributed by atoms with Gasteiger partial charge in [-0.15, -0.1) is 0 Å². The number of carbonyl (C=O) groups is 2. The summed E-state index contributed by atoms with van der Waals surface area (Å²) in [5.74, 6) is 0.0561. The lowest BCUT2D eigenvalue weighted by Gasteiger charge is -2.11. The van der Waals surface area contributed by atoms with E-state index in [0.29, 0.717) is 19.4 Å². The Hall–Kier alpha value is -1.36. The number of halogens is 1. The first-order chi connectivity index (χ1) is 8.63. The average Bonchev–Trinajstić information content (AvgIpc) is 2.76. The van der Waals surface area contributed by atoms with Crippen LogP contribution in [0, 0.1) is 0 Å². The number of carbonyl (C=O) groups excluding carboxylic acids is 2. The van der Waals surface area contributed by atoms with Crippen LogP contribution in [0.3, 0.4) is 0 Å². The molecule has 0 aromatic heterocycles. The van der Waals surface area contributed by atoms with Crippen LogP contribution in [-0.2, 0) is 16.0 Å².